The largest absolute Gasteiger partial charge is 0.414 e. The number of imidazole rings is 1. The third-order valence-electron chi connectivity index (χ3n) is 11.0. The molecule has 1 fully saturated rings. The smallest absolute Gasteiger partial charge is 0.286 e. The van der Waals surface area contributed by atoms with E-state index < -0.39 is 37.3 Å². The second-order valence-corrected chi connectivity index (χ2v) is 33.1. The van der Waals surface area contributed by atoms with Gasteiger partial charge in [0.1, 0.15) is 24.6 Å². The summed E-state index contributed by atoms with van der Waals surface area (Å²) >= 11 is 2.25. The van der Waals surface area contributed by atoms with Gasteiger partial charge in [-0.25, -0.2) is 9.97 Å². The van der Waals surface area contributed by atoms with Crippen molar-refractivity contribution in [3.05, 3.63) is 50.8 Å². The number of nitrogens with zero attached hydrogens (tertiary/aromatic N) is 4. The van der Waals surface area contributed by atoms with Gasteiger partial charge in [0.05, 0.1) is 18.6 Å². The third kappa shape index (κ3) is 7.92. The molecular formula is C34H57IN4O5Si3. The maximum Gasteiger partial charge on any atom is 0.286 e. The maximum absolute atomic E-state index is 13.8. The lowest BCUT2D eigenvalue weighted by Gasteiger charge is -2.44. The van der Waals surface area contributed by atoms with Crippen LogP contribution in [-0.2, 0) is 18.0 Å². The van der Waals surface area contributed by atoms with Gasteiger partial charge in [0.15, 0.2) is 42.3 Å². The molecule has 0 bridgehead atoms. The number of hydrogen-bond donors (Lipinski definition) is 0. The van der Waals surface area contributed by atoms with Gasteiger partial charge in [-0.1, -0.05) is 62.3 Å². The van der Waals surface area contributed by atoms with Gasteiger partial charge in [0, 0.05) is 3.57 Å². The van der Waals surface area contributed by atoms with Crippen LogP contribution in [0.4, 0.5) is 0 Å². The lowest BCUT2D eigenvalue weighted by Crippen LogP contribution is -2.54. The summed E-state index contributed by atoms with van der Waals surface area (Å²) in [6, 6.07) is 7.75. The summed E-state index contributed by atoms with van der Waals surface area (Å²) < 4.78 is 32.9. The van der Waals surface area contributed by atoms with Crippen molar-refractivity contribution in [2.24, 2.45) is 0 Å². The molecule has 1 saturated heterocycles. The Morgan fingerprint density at radius 3 is 1.79 bits per heavy atom. The molecule has 262 valence electrons. The van der Waals surface area contributed by atoms with Crippen LogP contribution in [0.5, 0.6) is 0 Å². The predicted octanol–water partition coefficient (Wildman–Crippen LogP) is 8.89. The average Bonchev–Trinajstić information content (AvgIpc) is 3.48. The molecule has 4 atom stereocenters. The number of benzene rings is 1. The van der Waals surface area contributed by atoms with E-state index in [-0.39, 0.29) is 38.4 Å². The van der Waals surface area contributed by atoms with E-state index >= 15 is 0 Å². The molecule has 0 N–H and O–H groups in total. The van der Waals surface area contributed by atoms with Crippen LogP contribution in [0.2, 0.25) is 54.4 Å². The summed E-state index contributed by atoms with van der Waals surface area (Å²) in [7, 11) is -6.75. The Morgan fingerprint density at radius 2 is 1.28 bits per heavy atom. The third-order valence-corrected chi connectivity index (χ3v) is 25.2. The molecule has 47 heavy (non-hydrogen) atoms. The first-order valence-corrected chi connectivity index (χ1v) is 26.4. The average molecular weight is 813 g/mol. The highest BCUT2D eigenvalue weighted by Crippen LogP contribution is 2.46. The van der Waals surface area contributed by atoms with Crippen molar-refractivity contribution in [2.45, 2.75) is 141 Å². The van der Waals surface area contributed by atoms with Gasteiger partial charge in [-0.15, -0.1) is 0 Å². The van der Waals surface area contributed by atoms with E-state index in [1.165, 1.54) is 4.57 Å². The molecule has 0 radical (unpaired) electrons. The van der Waals surface area contributed by atoms with Crippen LogP contribution in [-0.4, -0.2) is 69.0 Å². The lowest BCUT2D eigenvalue weighted by molar-refractivity contribution is -0.0470. The van der Waals surface area contributed by atoms with Crippen LogP contribution in [0, 0.1) is 3.57 Å². The molecule has 1 aliphatic rings. The Morgan fingerprint density at radius 1 is 0.766 bits per heavy atom. The van der Waals surface area contributed by atoms with Gasteiger partial charge in [-0.2, -0.15) is 0 Å². The van der Waals surface area contributed by atoms with Gasteiger partial charge in [0.2, 0.25) is 0 Å². The first-order valence-electron chi connectivity index (χ1n) is 16.6. The highest BCUT2D eigenvalue weighted by molar-refractivity contribution is 14.1. The Kier molecular flexibility index (Phi) is 10.8. The number of hydrogen-bond acceptors (Lipinski definition) is 7. The van der Waals surface area contributed by atoms with E-state index in [0.29, 0.717) is 12.3 Å². The van der Waals surface area contributed by atoms with Crippen molar-refractivity contribution in [2.75, 3.05) is 6.61 Å². The Bertz CT molecular complexity index is 1620. The zero-order valence-electron chi connectivity index (χ0n) is 31.2. The second kappa shape index (κ2) is 13.2. The van der Waals surface area contributed by atoms with Crippen molar-refractivity contribution >= 4 is 58.7 Å². The van der Waals surface area contributed by atoms with Crippen LogP contribution in [0.1, 0.15) is 68.5 Å². The predicted molar refractivity (Wildman–Crippen MR) is 207 cm³/mol. The molecule has 0 aliphatic carbocycles. The fraction of sp³-hybridized carbons (Fsp3) is 0.676. The molecular weight excluding hydrogens is 756 g/mol. The van der Waals surface area contributed by atoms with Crippen molar-refractivity contribution < 1.29 is 18.0 Å². The standard InChI is InChI=1S/C34H57IN4O5Si3/c1-32(2,3)45(10,11)41-20-25-27(43-46(12,13)33(4,5)6)28(44-47(14,15)34(7,8)9)31(42-25)39-21-36-26-29(39)37-22-38(30(26)40)24-18-16-23(35)17-19-24/h16-19,21-22,25,27-28,31H,20H2,1-15H3/t25-,27-,28-,31-/m1/s1. The number of ether oxygens (including phenoxy) is 1. The number of halogens is 1. The van der Waals surface area contributed by atoms with E-state index in [1.807, 2.05) is 28.8 Å². The number of aromatic nitrogens is 4. The molecule has 9 nitrogen and oxygen atoms in total. The zero-order valence-corrected chi connectivity index (χ0v) is 36.3. The van der Waals surface area contributed by atoms with E-state index in [0.717, 1.165) is 9.26 Å². The summed E-state index contributed by atoms with van der Waals surface area (Å²) in [6.07, 6.45) is 1.40. The van der Waals surface area contributed by atoms with E-state index in [2.05, 4.69) is 129 Å². The zero-order chi connectivity index (χ0) is 35.5. The summed E-state index contributed by atoms with van der Waals surface area (Å²) in [5.41, 5.74) is 1.24. The molecule has 1 aromatic carbocycles. The van der Waals surface area contributed by atoms with Crippen LogP contribution >= 0.6 is 22.6 Å². The van der Waals surface area contributed by atoms with E-state index in [4.69, 9.17) is 23.0 Å². The fourth-order valence-electron chi connectivity index (χ4n) is 4.76. The minimum Gasteiger partial charge on any atom is -0.414 e. The molecule has 2 aromatic heterocycles. The van der Waals surface area contributed by atoms with Gasteiger partial charge < -0.3 is 18.0 Å². The Labute approximate surface area is 298 Å². The Hall–Kier alpha value is -1.21. The molecule has 3 aromatic rings. The van der Waals surface area contributed by atoms with E-state index in [9.17, 15) is 4.79 Å². The van der Waals surface area contributed by atoms with Crippen molar-refractivity contribution in [1.82, 2.24) is 19.1 Å². The highest BCUT2D eigenvalue weighted by Gasteiger charge is 2.55. The highest BCUT2D eigenvalue weighted by atomic mass is 127. The summed E-state index contributed by atoms with van der Waals surface area (Å²) in [6.45, 7) is 34.2. The van der Waals surface area contributed by atoms with Crippen molar-refractivity contribution in [3.63, 3.8) is 0 Å². The van der Waals surface area contributed by atoms with Gasteiger partial charge in [-0.05, 0) is 101 Å². The molecule has 4 rings (SSSR count). The van der Waals surface area contributed by atoms with Gasteiger partial charge in [-0.3, -0.25) is 13.9 Å². The van der Waals surface area contributed by atoms with Crippen molar-refractivity contribution in [1.29, 1.82) is 0 Å². The molecule has 0 amide bonds. The maximum atomic E-state index is 13.8. The summed E-state index contributed by atoms with van der Waals surface area (Å²) in [5.74, 6) is 0. The number of fused-ring (bicyclic) bond motifs is 1. The minimum atomic E-state index is -2.34. The second-order valence-electron chi connectivity index (χ2n) is 17.5. The minimum absolute atomic E-state index is 0.0265. The molecule has 0 spiro atoms. The molecule has 1 aliphatic heterocycles. The normalized spacial score (nSPS) is 22.0. The van der Waals surface area contributed by atoms with Crippen LogP contribution in [0.25, 0.3) is 16.9 Å². The quantitative estimate of drug-likeness (QED) is 0.158. The lowest BCUT2D eigenvalue weighted by atomic mass is 10.1. The van der Waals surface area contributed by atoms with Gasteiger partial charge in [0.25, 0.3) is 5.56 Å². The van der Waals surface area contributed by atoms with Crippen LogP contribution < -0.4 is 5.56 Å². The molecule has 0 saturated carbocycles. The molecule has 3 heterocycles. The Balaban J connectivity index is 1.85. The SMILES string of the molecule is CC(C)(C)[Si](C)(C)OC[C@H]1O[C@@H](n2cnc3c(=O)n(-c4ccc(I)cc4)cnc32)[C@H](O[Si](C)(C)C(C)(C)C)[C@@H]1O[Si](C)(C)C(C)(C)C. The van der Waals surface area contributed by atoms with Crippen LogP contribution in [0.15, 0.2) is 41.7 Å². The first kappa shape index (κ1) is 38.6. The summed E-state index contributed by atoms with van der Waals surface area (Å²) in [4.78, 5) is 23.2. The van der Waals surface area contributed by atoms with Gasteiger partial charge >= 0.3 is 0 Å². The first-order chi connectivity index (χ1) is 21.3. The van der Waals surface area contributed by atoms with E-state index in [1.54, 1.807) is 12.7 Å². The molecule has 13 heteroatoms. The monoisotopic (exact) mass is 812 g/mol. The summed E-state index contributed by atoms with van der Waals surface area (Å²) in [5, 5.41) is -0.0359. The molecule has 0 unspecified atom stereocenters. The topological polar surface area (TPSA) is 89.6 Å². The van der Waals surface area contributed by atoms with Crippen LogP contribution in [0.3, 0.4) is 0 Å². The fourth-order valence-corrected chi connectivity index (χ4v) is 8.74. The number of rotatable bonds is 9. The van der Waals surface area contributed by atoms with Crippen molar-refractivity contribution in [3.8, 4) is 5.69 Å².